The maximum atomic E-state index is 5.61. The molecule has 0 aliphatic carbocycles. The fourth-order valence-corrected chi connectivity index (χ4v) is 2.45. The van der Waals surface area contributed by atoms with Gasteiger partial charge < -0.3 is 9.47 Å². The van der Waals surface area contributed by atoms with E-state index in [1.807, 2.05) is 60.7 Å². The lowest BCUT2D eigenvalue weighted by Crippen LogP contribution is -2.15. The standard InChI is InChI=1S/C18H14N2O2/c1-2-4-13(5-3-1)15-7-8-16(20-19-15)14-6-9-17-18(12-14)22-11-10-21-17/h1-9,12H,10-11H2. The molecule has 2 heterocycles. The lowest BCUT2D eigenvalue weighted by atomic mass is 10.1. The molecule has 4 rings (SSSR count). The maximum absolute atomic E-state index is 5.61. The molecule has 0 fully saturated rings. The normalized spacial score (nSPS) is 12.9. The van der Waals surface area contributed by atoms with Crippen LogP contribution in [0.25, 0.3) is 22.5 Å². The van der Waals surface area contributed by atoms with Gasteiger partial charge in [-0.15, -0.1) is 10.2 Å². The van der Waals surface area contributed by atoms with Gasteiger partial charge in [-0.25, -0.2) is 0 Å². The van der Waals surface area contributed by atoms with E-state index in [4.69, 9.17) is 9.47 Å². The molecule has 4 nitrogen and oxygen atoms in total. The summed E-state index contributed by atoms with van der Waals surface area (Å²) in [6, 6.07) is 19.8. The Hall–Kier alpha value is -2.88. The van der Waals surface area contributed by atoms with E-state index < -0.39 is 0 Å². The van der Waals surface area contributed by atoms with Crippen molar-refractivity contribution in [2.45, 2.75) is 0 Å². The van der Waals surface area contributed by atoms with E-state index in [9.17, 15) is 0 Å². The predicted molar refractivity (Wildman–Crippen MR) is 83.9 cm³/mol. The number of fused-ring (bicyclic) bond motifs is 1. The third-order valence-corrected chi connectivity index (χ3v) is 3.57. The van der Waals surface area contributed by atoms with Crippen molar-refractivity contribution in [2.24, 2.45) is 0 Å². The van der Waals surface area contributed by atoms with Crippen molar-refractivity contribution in [3.63, 3.8) is 0 Å². The Kier molecular flexibility index (Phi) is 3.20. The van der Waals surface area contributed by atoms with Crippen LogP contribution in [-0.2, 0) is 0 Å². The highest BCUT2D eigenvalue weighted by Gasteiger charge is 2.13. The van der Waals surface area contributed by atoms with E-state index in [1.54, 1.807) is 0 Å². The first-order chi connectivity index (χ1) is 10.9. The first kappa shape index (κ1) is 12.8. The second-order valence-corrected chi connectivity index (χ2v) is 5.03. The van der Waals surface area contributed by atoms with E-state index in [2.05, 4.69) is 10.2 Å². The number of hydrogen-bond acceptors (Lipinski definition) is 4. The van der Waals surface area contributed by atoms with Gasteiger partial charge in [0.15, 0.2) is 11.5 Å². The molecule has 22 heavy (non-hydrogen) atoms. The van der Waals surface area contributed by atoms with Crippen LogP contribution in [0.2, 0.25) is 0 Å². The number of hydrogen-bond donors (Lipinski definition) is 0. The molecular formula is C18H14N2O2. The number of rotatable bonds is 2. The quantitative estimate of drug-likeness (QED) is 0.723. The fourth-order valence-electron chi connectivity index (χ4n) is 2.45. The Labute approximate surface area is 128 Å². The van der Waals surface area contributed by atoms with Crippen molar-refractivity contribution in [3.05, 3.63) is 60.7 Å². The van der Waals surface area contributed by atoms with Crippen molar-refractivity contribution in [2.75, 3.05) is 13.2 Å². The summed E-state index contributed by atoms with van der Waals surface area (Å²) in [6.07, 6.45) is 0. The van der Waals surface area contributed by atoms with Crippen molar-refractivity contribution in [3.8, 4) is 34.0 Å². The number of aromatic nitrogens is 2. The highest BCUT2D eigenvalue weighted by atomic mass is 16.6. The zero-order valence-corrected chi connectivity index (χ0v) is 11.9. The Morgan fingerprint density at radius 2 is 1.32 bits per heavy atom. The van der Waals surface area contributed by atoms with Crippen molar-refractivity contribution < 1.29 is 9.47 Å². The highest BCUT2D eigenvalue weighted by Crippen LogP contribution is 2.34. The molecule has 4 heteroatoms. The molecule has 1 aliphatic rings. The molecular weight excluding hydrogens is 276 g/mol. The fraction of sp³-hybridized carbons (Fsp3) is 0.111. The van der Waals surface area contributed by atoms with E-state index in [0.29, 0.717) is 13.2 Å². The first-order valence-electron chi connectivity index (χ1n) is 7.19. The zero-order chi connectivity index (χ0) is 14.8. The SMILES string of the molecule is c1ccc(-c2ccc(-c3ccc4c(c3)OCCO4)nn2)cc1. The van der Waals surface area contributed by atoms with Crippen LogP contribution in [0.15, 0.2) is 60.7 Å². The van der Waals surface area contributed by atoms with Crippen LogP contribution in [-0.4, -0.2) is 23.4 Å². The molecule has 0 bridgehead atoms. The average Bonchev–Trinajstić information content (AvgIpc) is 2.62. The molecule has 3 aromatic rings. The van der Waals surface area contributed by atoms with Crippen LogP contribution >= 0.6 is 0 Å². The molecule has 0 N–H and O–H groups in total. The third-order valence-electron chi connectivity index (χ3n) is 3.57. The summed E-state index contributed by atoms with van der Waals surface area (Å²) in [4.78, 5) is 0. The van der Waals surface area contributed by atoms with Crippen molar-refractivity contribution >= 4 is 0 Å². The number of nitrogens with zero attached hydrogens (tertiary/aromatic N) is 2. The summed E-state index contributed by atoms with van der Waals surface area (Å²) in [5, 5.41) is 8.64. The minimum absolute atomic E-state index is 0.578. The van der Waals surface area contributed by atoms with E-state index in [1.165, 1.54) is 0 Å². The van der Waals surface area contributed by atoms with Gasteiger partial charge in [0, 0.05) is 11.1 Å². The molecule has 0 atom stereocenters. The van der Waals surface area contributed by atoms with E-state index in [-0.39, 0.29) is 0 Å². The Morgan fingerprint density at radius 3 is 2.05 bits per heavy atom. The summed E-state index contributed by atoms with van der Waals surface area (Å²) in [6.45, 7) is 1.17. The molecule has 0 unspecified atom stereocenters. The van der Waals surface area contributed by atoms with Crippen LogP contribution in [0.3, 0.4) is 0 Å². The van der Waals surface area contributed by atoms with Crippen molar-refractivity contribution in [1.82, 2.24) is 10.2 Å². The summed E-state index contributed by atoms with van der Waals surface area (Å²) in [5.74, 6) is 1.54. The molecule has 108 valence electrons. The third kappa shape index (κ3) is 2.39. The van der Waals surface area contributed by atoms with Crippen molar-refractivity contribution in [1.29, 1.82) is 0 Å². The Balaban J connectivity index is 1.66. The minimum Gasteiger partial charge on any atom is -0.486 e. The van der Waals surface area contributed by atoms with Gasteiger partial charge in [0.05, 0.1) is 11.4 Å². The van der Waals surface area contributed by atoms with Crippen LogP contribution in [0.1, 0.15) is 0 Å². The summed E-state index contributed by atoms with van der Waals surface area (Å²) >= 11 is 0. The molecule has 0 radical (unpaired) electrons. The molecule has 0 spiro atoms. The minimum atomic E-state index is 0.578. The van der Waals surface area contributed by atoms with E-state index in [0.717, 1.165) is 34.0 Å². The van der Waals surface area contributed by atoms with Gasteiger partial charge in [0.1, 0.15) is 13.2 Å². The van der Waals surface area contributed by atoms with Gasteiger partial charge in [0.2, 0.25) is 0 Å². The molecule has 2 aromatic carbocycles. The van der Waals surface area contributed by atoms with Crippen LogP contribution in [0.5, 0.6) is 11.5 Å². The maximum Gasteiger partial charge on any atom is 0.162 e. The smallest absolute Gasteiger partial charge is 0.162 e. The summed E-state index contributed by atoms with van der Waals surface area (Å²) in [7, 11) is 0. The molecule has 0 amide bonds. The molecule has 0 saturated carbocycles. The van der Waals surface area contributed by atoms with Gasteiger partial charge in [-0.05, 0) is 30.3 Å². The first-order valence-corrected chi connectivity index (χ1v) is 7.19. The molecule has 1 aromatic heterocycles. The Morgan fingerprint density at radius 1 is 0.636 bits per heavy atom. The summed E-state index contributed by atoms with van der Waals surface area (Å²) < 4.78 is 11.1. The van der Waals surface area contributed by atoms with E-state index >= 15 is 0 Å². The number of benzene rings is 2. The van der Waals surface area contributed by atoms with Crippen LogP contribution < -0.4 is 9.47 Å². The lowest BCUT2D eigenvalue weighted by molar-refractivity contribution is 0.171. The lowest BCUT2D eigenvalue weighted by Gasteiger charge is -2.18. The van der Waals surface area contributed by atoms with Crippen LogP contribution in [0, 0.1) is 0 Å². The monoisotopic (exact) mass is 290 g/mol. The van der Waals surface area contributed by atoms with Gasteiger partial charge in [-0.1, -0.05) is 30.3 Å². The second-order valence-electron chi connectivity index (χ2n) is 5.03. The topological polar surface area (TPSA) is 44.2 Å². The van der Waals surface area contributed by atoms with Crippen LogP contribution in [0.4, 0.5) is 0 Å². The zero-order valence-electron chi connectivity index (χ0n) is 11.9. The highest BCUT2D eigenvalue weighted by molar-refractivity contribution is 5.66. The molecule has 0 saturated heterocycles. The van der Waals surface area contributed by atoms with Gasteiger partial charge in [-0.3, -0.25) is 0 Å². The second kappa shape index (κ2) is 5.48. The average molecular weight is 290 g/mol. The largest absolute Gasteiger partial charge is 0.486 e. The van der Waals surface area contributed by atoms with Gasteiger partial charge in [0.25, 0.3) is 0 Å². The number of ether oxygens (including phenoxy) is 2. The van der Waals surface area contributed by atoms with Gasteiger partial charge in [-0.2, -0.15) is 0 Å². The predicted octanol–water partition coefficient (Wildman–Crippen LogP) is 3.58. The Bertz CT molecular complexity index is 786. The molecule has 1 aliphatic heterocycles. The summed E-state index contributed by atoms with van der Waals surface area (Å²) in [5.41, 5.74) is 3.71. The van der Waals surface area contributed by atoms with Gasteiger partial charge >= 0.3 is 0 Å².